The maximum absolute atomic E-state index is 12.6. The maximum Gasteiger partial charge on any atom is 0.417 e. The van der Waals surface area contributed by atoms with Crippen LogP contribution in [0.5, 0.6) is 0 Å². The molecule has 0 aliphatic heterocycles. The minimum atomic E-state index is -4.54. The molecule has 0 radical (unpaired) electrons. The van der Waals surface area contributed by atoms with Gasteiger partial charge in [-0.25, -0.2) is 0 Å². The number of aliphatic hydroxyl groups is 1. The third-order valence-electron chi connectivity index (χ3n) is 2.61. The average Bonchev–Trinajstić information content (AvgIpc) is 2.35. The smallest absolute Gasteiger partial charge is 0.391 e. The molecule has 0 aliphatic rings. The van der Waals surface area contributed by atoms with Gasteiger partial charge in [-0.3, -0.25) is 0 Å². The Morgan fingerprint density at radius 1 is 1.42 bits per heavy atom. The molecule has 1 unspecified atom stereocenters. The molecule has 0 aliphatic carbocycles. The first-order chi connectivity index (χ1) is 8.88. The van der Waals surface area contributed by atoms with Crippen molar-refractivity contribution in [3.05, 3.63) is 29.3 Å². The van der Waals surface area contributed by atoms with E-state index in [4.69, 9.17) is 5.26 Å². The van der Waals surface area contributed by atoms with Crippen molar-refractivity contribution >= 4 is 5.69 Å². The lowest BCUT2D eigenvalue weighted by atomic mass is 10.1. The summed E-state index contributed by atoms with van der Waals surface area (Å²) in [6.45, 7) is 2.17. The second-order valence-corrected chi connectivity index (χ2v) is 4.19. The fourth-order valence-electron chi connectivity index (χ4n) is 1.66. The van der Waals surface area contributed by atoms with Gasteiger partial charge in [-0.2, -0.15) is 18.4 Å². The molecule has 6 heteroatoms. The van der Waals surface area contributed by atoms with E-state index in [1.165, 1.54) is 12.1 Å². The lowest BCUT2D eigenvalue weighted by molar-refractivity contribution is -0.137. The van der Waals surface area contributed by atoms with Crippen molar-refractivity contribution in [1.29, 1.82) is 5.26 Å². The van der Waals surface area contributed by atoms with Crippen LogP contribution in [0.3, 0.4) is 0 Å². The van der Waals surface area contributed by atoms with Crippen molar-refractivity contribution < 1.29 is 18.3 Å². The van der Waals surface area contributed by atoms with Gasteiger partial charge >= 0.3 is 6.18 Å². The molecular formula is C13H15F3N2O. The van der Waals surface area contributed by atoms with E-state index in [1.807, 2.05) is 6.92 Å². The SMILES string of the molecule is CCCC(O)CNc1ccc(C(F)(F)F)c(C#N)c1. The monoisotopic (exact) mass is 272 g/mol. The second kappa shape index (κ2) is 6.43. The molecule has 0 bridgehead atoms. The van der Waals surface area contributed by atoms with Gasteiger partial charge in [0.25, 0.3) is 0 Å². The number of hydrogen-bond acceptors (Lipinski definition) is 3. The van der Waals surface area contributed by atoms with Gasteiger partial charge in [0.05, 0.1) is 23.3 Å². The van der Waals surface area contributed by atoms with Crippen LogP contribution in [-0.4, -0.2) is 17.8 Å². The molecular weight excluding hydrogens is 257 g/mol. The van der Waals surface area contributed by atoms with Crippen molar-refractivity contribution in [3.8, 4) is 6.07 Å². The molecule has 0 saturated heterocycles. The molecule has 0 amide bonds. The van der Waals surface area contributed by atoms with Crippen LogP contribution in [0.4, 0.5) is 18.9 Å². The van der Waals surface area contributed by atoms with Crippen molar-refractivity contribution in [2.45, 2.75) is 32.0 Å². The van der Waals surface area contributed by atoms with E-state index >= 15 is 0 Å². The number of hydrogen-bond donors (Lipinski definition) is 2. The molecule has 1 rings (SSSR count). The highest BCUT2D eigenvalue weighted by atomic mass is 19.4. The number of nitrogens with one attached hydrogen (secondary N) is 1. The molecule has 1 aromatic carbocycles. The van der Waals surface area contributed by atoms with Crippen LogP contribution in [0.1, 0.15) is 30.9 Å². The Bertz CT molecular complexity index is 466. The van der Waals surface area contributed by atoms with Gasteiger partial charge in [-0.15, -0.1) is 0 Å². The molecule has 19 heavy (non-hydrogen) atoms. The number of nitriles is 1. The Hall–Kier alpha value is -1.74. The largest absolute Gasteiger partial charge is 0.417 e. The first-order valence-electron chi connectivity index (χ1n) is 5.91. The number of rotatable bonds is 5. The number of nitrogens with zero attached hydrogens (tertiary/aromatic N) is 1. The number of benzene rings is 1. The highest BCUT2D eigenvalue weighted by Crippen LogP contribution is 2.32. The van der Waals surface area contributed by atoms with E-state index in [-0.39, 0.29) is 6.54 Å². The Balaban J connectivity index is 2.81. The highest BCUT2D eigenvalue weighted by molar-refractivity contribution is 5.53. The molecule has 0 heterocycles. The summed E-state index contributed by atoms with van der Waals surface area (Å²) in [6, 6.07) is 4.79. The van der Waals surface area contributed by atoms with Gasteiger partial charge in [0.15, 0.2) is 0 Å². The van der Waals surface area contributed by atoms with Crippen LogP contribution in [0, 0.1) is 11.3 Å². The molecule has 1 atom stereocenters. The van der Waals surface area contributed by atoms with Crippen molar-refractivity contribution in [2.75, 3.05) is 11.9 Å². The minimum absolute atomic E-state index is 0.240. The predicted octanol–water partition coefficient (Wildman–Crippen LogP) is 3.15. The molecule has 0 spiro atoms. The van der Waals surface area contributed by atoms with Crippen LogP contribution in [0.25, 0.3) is 0 Å². The number of aliphatic hydroxyl groups excluding tert-OH is 1. The first kappa shape index (κ1) is 15.3. The number of anilines is 1. The third kappa shape index (κ3) is 4.45. The third-order valence-corrected chi connectivity index (χ3v) is 2.61. The summed E-state index contributed by atoms with van der Waals surface area (Å²) in [5, 5.41) is 21.1. The lowest BCUT2D eigenvalue weighted by Crippen LogP contribution is -2.19. The summed E-state index contributed by atoms with van der Waals surface area (Å²) in [7, 11) is 0. The molecule has 2 N–H and O–H groups in total. The first-order valence-corrected chi connectivity index (χ1v) is 5.91. The summed E-state index contributed by atoms with van der Waals surface area (Å²) < 4.78 is 37.7. The van der Waals surface area contributed by atoms with E-state index in [9.17, 15) is 18.3 Å². The van der Waals surface area contributed by atoms with Crippen LogP contribution < -0.4 is 5.32 Å². The van der Waals surface area contributed by atoms with Crippen LogP contribution in [0.2, 0.25) is 0 Å². The standard InChI is InChI=1S/C13H15F3N2O/c1-2-3-11(19)8-18-10-4-5-12(13(14,15)16)9(6-10)7-17/h4-6,11,18-19H,2-3,8H2,1H3. The minimum Gasteiger partial charge on any atom is -0.391 e. The van der Waals surface area contributed by atoms with Crippen LogP contribution in [-0.2, 0) is 6.18 Å². The van der Waals surface area contributed by atoms with Gasteiger partial charge < -0.3 is 10.4 Å². The molecule has 0 aromatic heterocycles. The van der Waals surface area contributed by atoms with Crippen LogP contribution in [0.15, 0.2) is 18.2 Å². The normalized spacial score (nSPS) is 12.8. The zero-order valence-electron chi connectivity index (χ0n) is 10.5. The van der Waals surface area contributed by atoms with Crippen molar-refractivity contribution in [2.24, 2.45) is 0 Å². The van der Waals surface area contributed by atoms with Gasteiger partial charge in [0, 0.05) is 12.2 Å². The zero-order chi connectivity index (χ0) is 14.5. The molecule has 0 fully saturated rings. The summed E-state index contributed by atoms with van der Waals surface area (Å²) in [5.74, 6) is 0. The Morgan fingerprint density at radius 3 is 2.63 bits per heavy atom. The fraction of sp³-hybridized carbons (Fsp3) is 0.462. The Morgan fingerprint density at radius 2 is 2.11 bits per heavy atom. The van der Waals surface area contributed by atoms with Gasteiger partial charge in [0.1, 0.15) is 0 Å². The van der Waals surface area contributed by atoms with Crippen LogP contribution >= 0.6 is 0 Å². The average molecular weight is 272 g/mol. The summed E-state index contributed by atoms with van der Waals surface area (Å²) in [4.78, 5) is 0. The number of halogens is 3. The van der Waals surface area contributed by atoms with E-state index in [0.717, 1.165) is 18.6 Å². The predicted molar refractivity (Wildman–Crippen MR) is 65.6 cm³/mol. The molecule has 104 valence electrons. The van der Waals surface area contributed by atoms with E-state index < -0.39 is 23.4 Å². The molecule has 3 nitrogen and oxygen atoms in total. The zero-order valence-corrected chi connectivity index (χ0v) is 10.5. The summed E-state index contributed by atoms with van der Waals surface area (Å²) >= 11 is 0. The van der Waals surface area contributed by atoms with Gasteiger partial charge in [-0.05, 0) is 24.6 Å². The van der Waals surface area contributed by atoms with Gasteiger partial charge in [-0.1, -0.05) is 13.3 Å². The maximum atomic E-state index is 12.6. The summed E-state index contributed by atoms with van der Waals surface area (Å²) in [6.07, 6.45) is -3.67. The van der Waals surface area contributed by atoms with Crippen molar-refractivity contribution in [3.63, 3.8) is 0 Å². The topological polar surface area (TPSA) is 56.0 Å². The second-order valence-electron chi connectivity index (χ2n) is 4.19. The lowest BCUT2D eigenvalue weighted by Gasteiger charge is -2.14. The van der Waals surface area contributed by atoms with Crippen molar-refractivity contribution in [1.82, 2.24) is 0 Å². The Kier molecular flexibility index (Phi) is 5.19. The molecule has 1 aromatic rings. The van der Waals surface area contributed by atoms with Gasteiger partial charge in [0.2, 0.25) is 0 Å². The number of alkyl halides is 3. The quantitative estimate of drug-likeness (QED) is 0.865. The van der Waals surface area contributed by atoms with E-state index in [1.54, 1.807) is 0 Å². The highest BCUT2D eigenvalue weighted by Gasteiger charge is 2.33. The molecule has 0 saturated carbocycles. The van der Waals surface area contributed by atoms with E-state index in [2.05, 4.69) is 5.32 Å². The fourth-order valence-corrected chi connectivity index (χ4v) is 1.66. The van der Waals surface area contributed by atoms with E-state index in [0.29, 0.717) is 12.1 Å². The summed E-state index contributed by atoms with van der Waals surface area (Å²) in [5.41, 5.74) is -0.989. The Labute approximate surface area is 109 Å².